The molecule has 1 saturated heterocycles. The quantitative estimate of drug-likeness (QED) is 0.638. The zero-order valence-electron chi connectivity index (χ0n) is 8.06. The van der Waals surface area contributed by atoms with Crippen LogP contribution in [0, 0.1) is 5.41 Å². The number of hydrogen-bond donors (Lipinski definition) is 2. The van der Waals surface area contributed by atoms with Crippen molar-refractivity contribution in [2.75, 3.05) is 13.1 Å². The van der Waals surface area contributed by atoms with E-state index in [4.69, 9.17) is 23.1 Å². The van der Waals surface area contributed by atoms with Crippen molar-refractivity contribution in [3.8, 4) is 0 Å². The van der Waals surface area contributed by atoms with Crippen molar-refractivity contribution in [2.24, 2.45) is 16.3 Å². The summed E-state index contributed by atoms with van der Waals surface area (Å²) in [6.45, 7) is 2.75. The van der Waals surface area contributed by atoms with Crippen LogP contribution in [0.15, 0.2) is 0 Å². The molecular formula is C7H15N3O2S2. The lowest BCUT2D eigenvalue weighted by Crippen LogP contribution is -2.48. The predicted molar refractivity (Wildman–Crippen MR) is 58.8 cm³/mol. The molecule has 1 aliphatic rings. The van der Waals surface area contributed by atoms with Gasteiger partial charge in [-0.1, -0.05) is 19.1 Å². The molecule has 0 aromatic heterocycles. The van der Waals surface area contributed by atoms with E-state index in [1.165, 1.54) is 4.31 Å². The van der Waals surface area contributed by atoms with Crippen LogP contribution in [0.3, 0.4) is 0 Å². The van der Waals surface area contributed by atoms with Gasteiger partial charge in [-0.3, -0.25) is 0 Å². The Morgan fingerprint density at radius 3 is 2.14 bits per heavy atom. The largest absolute Gasteiger partial charge is 0.393 e. The number of hydrogen-bond acceptors (Lipinski definition) is 3. The molecule has 0 saturated carbocycles. The average Bonchev–Trinajstić information content (AvgIpc) is 2.03. The first-order valence-electron chi connectivity index (χ1n) is 4.33. The van der Waals surface area contributed by atoms with Crippen LogP contribution in [0.1, 0.15) is 19.8 Å². The standard InChI is InChI=1S/C7H15N3O2S2/c1-7(6(8)13)2-4-10(5-3-7)14(9,11)12/h2-5H2,1H3,(H2,8,13)(H2,9,11,12). The van der Waals surface area contributed by atoms with Gasteiger partial charge in [0.2, 0.25) is 0 Å². The van der Waals surface area contributed by atoms with Gasteiger partial charge in [0.05, 0.1) is 4.99 Å². The molecule has 1 heterocycles. The molecule has 5 nitrogen and oxygen atoms in total. The van der Waals surface area contributed by atoms with Gasteiger partial charge in [0, 0.05) is 18.5 Å². The first-order valence-corrected chi connectivity index (χ1v) is 6.25. The summed E-state index contributed by atoms with van der Waals surface area (Å²) in [5, 5.41) is 5.01. The Bertz CT molecular complexity index is 331. The summed E-state index contributed by atoms with van der Waals surface area (Å²) < 4.78 is 23.3. The summed E-state index contributed by atoms with van der Waals surface area (Å²) >= 11 is 4.94. The van der Waals surface area contributed by atoms with Crippen LogP contribution in [-0.2, 0) is 10.2 Å². The normalized spacial score (nSPS) is 23.3. The molecule has 0 unspecified atom stereocenters. The van der Waals surface area contributed by atoms with Crippen molar-refractivity contribution >= 4 is 27.4 Å². The highest BCUT2D eigenvalue weighted by Crippen LogP contribution is 2.31. The highest BCUT2D eigenvalue weighted by molar-refractivity contribution is 7.86. The summed E-state index contributed by atoms with van der Waals surface area (Å²) in [6.07, 6.45) is 1.28. The number of thiocarbonyl (C=S) groups is 1. The molecule has 1 rings (SSSR count). The third kappa shape index (κ3) is 2.41. The summed E-state index contributed by atoms with van der Waals surface area (Å²) in [7, 11) is -3.55. The molecular weight excluding hydrogens is 222 g/mol. The molecule has 14 heavy (non-hydrogen) atoms. The lowest BCUT2D eigenvalue weighted by molar-refractivity contribution is 0.244. The van der Waals surface area contributed by atoms with E-state index >= 15 is 0 Å². The highest BCUT2D eigenvalue weighted by Gasteiger charge is 2.35. The minimum absolute atomic E-state index is 0.226. The molecule has 7 heteroatoms. The molecule has 0 aliphatic carbocycles. The summed E-state index contributed by atoms with van der Waals surface area (Å²) in [4.78, 5) is 0.451. The minimum atomic E-state index is -3.55. The first-order chi connectivity index (χ1) is 6.26. The fraction of sp³-hybridized carbons (Fsp3) is 0.857. The smallest absolute Gasteiger partial charge is 0.276 e. The van der Waals surface area contributed by atoms with Gasteiger partial charge >= 0.3 is 0 Å². The topological polar surface area (TPSA) is 89.4 Å². The van der Waals surface area contributed by atoms with E-state index in [-0.39, 0.29) is 5.41 Å². The second-order valence-electron chi connectivity index (χ2n) is 3.87. The summed E-state index contributed by atoms with van der Waals surface area (Å²) in [6, 6.07) is 0. The minimum Gasteiger partial charge on any atom is -0.393 e. The van der Waals surface area contributed by atoms with Crippen molar-refractivity contribution < 1.29 is 8.42 Å². The van der Waals surface area contributed by atoms with E-state index in [0.717, 1.165) is 0 Å². The maximum Gasteiger partial charge on any atom is 0.276 e. The Balaban J connectivity index is 2.68. The van der Waals surface area contributed by atoms with Gasteiger partial charge in [0.15, 0.2) is 0 Å². The predicted octanol–water partition coefficient (Wildman–Crippen LogP) is -0.422. The van der Waals surface area contributed by atoms with E-state index in [1.54, 1.807) is 0 Å². The first kappa shape index (κ1) is 11.8. The molecule has 0 bridgehead atoms. The molecule has 0 atom stereocenters. The van der Waals surface area contributed by atoms with Gasteiger partial charge in [-0.15, -0.1) is 0 Å². The summed E-state index contributed by atoms with van der Waals surface area (Å²) in [5.74, 6) is 0. The molecule has 1 fully saturated rings. The fourth-order valence-corrected chi connectivity index (χ4v) is 2.38. The van der Waals surface area contributed by atoms with Crippen LogP contribution in [0.2, 0.25) is 0 Å². The van der Waals surface area contributed by atoms with Crippen LogP contribution in [0.25, 0.3) is 0 Å². The molecule has 0 radical (unpaired) electrons. The van der Waals surface area contributed by atoms with Gasteiger partial charge in [-0.25, -0.2) is 5.14 Å². The molecule has 4 N–H and O–H groups in total. The maximum absolute atomic E-state index is 11.0. The Morgan fingerprint density at radius 2 is 1.86 bits per heavy atom. The van der Waals surface area contributed by atoms with Crippen molar-refractivity contribution in [1.82, 2.24) is 4.31 Å². The van der Waals surface area contributed by atoms with E-state index in [9.17, 15) is 8.42 Å². The van der Waals surface area contributed by atoms with Crippen molar-refractivity contribution in [3.05, 3.63) is 0 Å². The van der Waals surface area contributed by atoms with Gasteiger partial charge in [0.25, 0.3) is 10.2 Å². The van der Waals surface area contributed by atoms with Crippen molar-refractivity contribution in [1.29, 1.82) is 0 Å². The highest BCUT2D eigenvalue weighted by atomic mass is 32.2. The Labute approximate surface area is 89.6 Å². The number of piperidine rings is 1. The number of nitrogens with two attached hydrogens (primary N) is 2. The third-order valence-corrected chi connectivity index (χ3v) is 4.36. The van der Waals surface area contributed by atoms with Crippen LogP contribution in [-0.4, -0.2) is 30.8 Å². The van der Waals surface area contributed by atoms with E-state index in [1.807, 2.05) is 6.92 Å². The zero-order valence-corrected chi connectivity index (χ0v) is 9.70. The van der Waals surface area contributed by atoms with Crippen LogP contribution in [0.5, 0.6) is 0 Å². The lowest BCUT2D eigenvalue weighted by Gasteiger charge is -2.37. The molecule has 0 amide bonds. The monoisotopic (exact) mass is 237 g/mol. The van der Waals surface area contributed by atoms with Gasteiger partial charge in [-0.05, 0) is 12.8 Å². The Hall–Kier alpha value is -0.240. The van der Waals surface area contributed by atoms with Gasteiger partial charge in [-0.2, -0.15) is 12.7 Å². The SMILES string of the molecule is CC1(C(N)=S)CCN(S(N)(=O)=O)CC1. The van der Waals surface area contributed by atoms with E-state index in [2.05, 4.69) is 0 Å². The Kier molecular flexibility index (Phi) is 3.15. The fourth-order valence-electron chi connectivity index (χ4n) is 1.48. The van der Waals surface area contributed by atoms with Crippen molar-refractivity contribution in [3.63, 3.8) is 0 Å². The molecule has 0 aromatic carbocycles. The number of rotatable bonds is 2. The van der Waals surface area contributed by atoms with Gasteiger partial charge < -0.3 is 5.73 Å². The van der Waals surface area contributed by atoms with Crippen LogP contribution in [0.4, 0.5) is 0 Å². The van der Waals surface area contributed by atoms with Crippen LogP contribution < -0.4 is 10.9 Å². The molecule has 0 spiro atoms. The van der Waals surface area contributed by atoms with E-state index < -0.39 is 10.2 Å². The summed E-state index contributed by atoms with van der Waals surface area (Å²) in [5.41, 5.74) is 5.36. The molecule has 1 aliphatic heterocycles. The van der Waals surface area contributed by atoms with Crippen molar-refractivity contribution in [2.45, 2.75) is 19.8 Å². The molecule has 0 aromatic rings. The average molecular weight is 237 g/mol. The number of nitrogens with zero attached hydrogens (tertiary/aromatic N) is 1. The van der Waals surface area contributed by atoms with Crippen LogP contribution >= 0.6 is 12.2 Å². The van der Waals surface area contributed by atoms with Gasteiger partial charge in [0.1, 0.15) is 0 Å². The second-order valence-corrected chi connectivity index (χ2v) is 5.86. The second kappa shape index (κ2) is 3.73. The molecule has 82 valence electrons. The van der Waals surface area contributed by atoms with E-state index in [0.29, 0.717) is 30.9 Å². The zero-order chi connectivity index (χ0) is 11.0. The Morgan fingerprint density at radius 1 is 1.43 bits per heavy atom. The maximum atomic E-state index is 11.0. The lowest BCUT2D eigenvalue weighted by atomic mass is 9.81. The third-order valence-electron chi connectivity index (χ3n) is 2.78.